The fourth-order valence-electron chi connectivity index (χ4n) is 2.69. The van der Waals surface area contributed by atoms with Crippen molar-refractivity contribution in [3.63, 3.8) is 0 Å². The smallest absolute Gasteiger partial charge is 0.274 e. The van der Waals surface area contributed by atoms with E-state index in [-0.39, 0.29) is 18.4 Å². The van der Waals surface area contributed by atoms with Crippen LogP contribution in [0.5, 0.6) is 11.5 Å². The summed E-state index contributed by atoms with van der Waals surface area (Å²) in [5, 5.41) is 5.98. The summed E-state index contributed by atoms with van der Waals surface area (Å²) in [6, 6.07) is 14.9. The van der Waals surface area contributed by atoms with Crippen LogP contribution in [0.25, 0.3) is 0 Å². The molecule has 7 nitrogen and oxygen atoms in total. The number of hydrogen-bond donors (Lipinski definition) is 2. The first kappa shape index (κ1) is 16.8. The molecule has 0 aliphatic carbocycles. The number of aryl methyl sites for hydroxylation is 1. The van der Waals surface area contributed by atoms with Crippen LogP contribution in [0.1, 0.15) is 23.0 Å². The zero-order valence-corrected chi connectivity index (χ0v) is 14.7. The minimum absolute atomic E-state index is 0.187. The predicted molar refractivity (Wildman–Crippen MR) is 102 cm³/mol. The Kier molecular flexibility index (Phi) is 4.57. The lowest BCUT2D eigenvalue weighted by Gasteiger charge is -2.08. The van der Waals surface area contributed by atoms with Gasteiger partial charge in [-0.1, -0.05) is 19.1 Å². The molecule has 3 aromatic rings. The molecule has 7 heteroatoms. The largest absolute Gasteiger partial charge is 0.454 e. The quantitative estimate of drug-likeness (QED) is 0.719. The van der Waals surface area contributed by atoms with Gasteiger partial charge in [0.05, 0.1) is 0 Å². The number of rotatable bonds is 5. The molecule has 1 aliphatic heterocycles. The summed E-state index contributed by atoms with van der Waals surface area (Å²) in [6.45, 7) is 2.30. The third-order valence-corrected chi connectivity index (χ3v) is 4.16. The second-order valence-electron chi connectivity index (χ2n) is 5.99. The fraction of sp³-hybridized carbons (Fsp3) is 0.150. The number of hydrogen-bond acceptors (Lipinski definition) is 6. The van der Waals surface area contributed by atoms with Gasteiger partial charge in [0.2, 0.25) is 6.79 Å². The second-order valence-corrected chi connectivity index (χ2v) is 5.99. The van der Waals surface area contributed by atoms with Crippen molar-refractivity contribution in [2.75, 3.05) is 17.4 Å². The SMILES string of the molecule is CCc1ccc(Nc2cc(C(=O)Nc3ccc4c(c3)OCO4)ncn2)cc1. The Morgan fingerprint density at radius 2 is 1.78 bits per heavy atom. The van der Waals surface area contributed by atoms with Crippen LogP contribution in [0.4, 0.5) is 17.2 Å². The number of carbonyl (C=O) groups is 1. The number of carbonyl (C=O) groups excluding carboxylic acids is 1. The summed E-state index contributed by atoms with van der Waals surface area (Å²) >= 11 is 0. The molecule has 0 radical (unpaired) electrons. The standard InChI is InChI=1S/C20H18N4O3/c1-2-13-3-5-14(6-4-13)23-19-10-16(21-11-22-19)20(25)24-15-7-8-17-18(9-15)27-12-26-17/h3-11H,2,12H2,1H3,(H,24,25)(H,21,22,23). The molecule has 2 N–H and O–H groups in total. The van der Waals surface area contributed by atoms with Gasteiger partial charge >= 0.3 is 0 Å². The molecule has 2 heterocycles. The van der Waals surface area contributed by atoms with E-state index in [4.69, 9.17) is 9.47 Å². The molecule has 1 aromatic heterocycles. The van der Waals surface area contributed by atoms with Gasteiger partial charge in [-0.05, 0) is 36.2 Å². The maximum atomic E-state index is 12.5. The maximum absolute atomic E-state index is 12.5. The Bertz CT molecular complexity index is 973. The van der Waals surface area contributed by atoms with Crippen molar-refractivity contribution in [1.29, 1.82) is 0 Å². The van der Waals surface area contributed by atoms with Crippen LogP contribution in [0.2, 0.25) is 0 Å². The van der Waals surface area contributed by atoms with Crippen LogP contribution < -0.4 is 20.1 Å². The van der Waals surface area contributed by atoms with Crippen molar-refractivity contribution in [3.8, 4) is 11.5 Å². The Morgan fingerprint density at radius 1 is 1.00 bits per heavy atom. The van der Waals surface area contributed by atoms with Crippen molar-refractivity contribution >= 4 is 23.1 Å². The van der Waals surface area contributed by atoms with E-state index in [1.807, 2.05) is 12.1 Å². The molecular weight excluding hydrogens is 344 g/mol. The minimum atomic E-state index is -0.333. The first-order valence-corrected chi connectivity index (χ1v) is 8.60. The van der Waals surface area contributed by atoms with E-state index in [0.29, 0.717) is 23.0 Å². The molecule has 0 atom stereocenters. The number of aromatic nitrogens is 2. The molecule has 0 unspecified atom stereocenters. The molecule has 2 aromatic carbocycles. The number of ether oxygens (including phenoxy) is 2. The van der Waals surface area contributed by atoms with Crippen molar-refractivity contribution in [1.82, 2.24) is 9.97 Å². The normalized spacial score (nSPS) is 11.9. The van der Waals surface area contributed by atoms with Crippen LogP contribution >= 0.6 is 0 Å². The van der Waals surface area contributed by atoms with Crippen LogP contribution in [0.3, 0.4) is 0 Å². The Morgan fingerprint density at radius 3 is 2.59 bits per heavy atom. The van der Waals surface area contributed by atoms with Gasteiger partial charge in [0.1, 0.15) is 17.8 Å². The van der Waals surface area contributed by atoms with Gasteiger partial charge in [-0.25, -0.2) is 9.97 Å². The summed E-state index contributed by atoms with van der Waals surface area (Å²) < 4.78 is 10.6. The monoisotopic (exact) mass is 362 g/mol. The molecule has 0 spiro atoms. The molecule has 27 heavy (non-hydrogen) atoms. The van der Waals surface area contributed by atoms with E-state index >= 15 is 0 Å². The average Bonchev–Trinajstić information content (AvgIpc) is 3.16. The summed E-state index contributed by atoms with van der Waals surface area (Å²) in [5.74, 6) is 1.48. The number of fused-ring (bicyclic) bond motifs is 1. The molecule has 1 aliphatic rings. The third-order valence-electron chi connectivity index (χ3n) is 4.16. The number of nitrogens with zero attached hydrogens (tertiary/aromatic N) is 2. The van der Waals surface area contributed by atoms with E-state index < -0.39 is 0 Å². The molecule has 4 rings (SSSR count). The molecule has 1 amide bonds. The van der Waals surface area contributed by atoms with Crippen molar-refractivity contribution in [2.45, 2.75) is 13.3 Å². The summed E-state index contributed by atoms with van der Waals surface area (Å²) in [7, 11) is 0. The van der Waals surface area contributed by atoms with Gasteiger partial charge in [0, 0.05) is 23.5 Å². The van der Waals surface area contributed by atoms with Crippen LogP contribution in [0, 0.1) is 0 Å². The first-order valence-electron chi connectivity index (χ1n) is 8.60. The van der Waals surface area contributed by atoms with Gasteiger partial charge in [-0.2, -0.15) is 0 Å². The Balaban J connectivity index is 1.47. The molecule has 0 fully saturated rings. The molecule has 136 valence electrons. The van der Waals surface area contributed by atoms with E-state index in [1.165, 1.54) is 11.9 Å². The molecule has 0 saturated carbocycles. The van der Waals surface area contributed by atoms with Gasteiger partial charge < -0.3 is 20.1 Å². The minimum Gasteiger partial charge on any atom is -0.454 e. The first-order chi connectivity index (χ1) is 13.2. The lowest BCUT2D eigenvalue weighted by atomic mass is 10.1. The lowest BCUT2D eigenvalue weighted by Crippen LogP contribution is -2.14. The summed E-state index contributed by atoms with van der Waals surface area (Å²) in [4.78, 5) is 20.7. The van der Waals surface area contributed by atoms with Crippen molar-refractivity contribution in [3.05, 3.63) is 66.1 Å². The number of amides is 1. The Hall–Kier alpha value is -3.61. The van der Waals surface area contributed by atoms with E-state index in [1.54, 1.807) is 24.3 Å². The fourth-order valence-corrected chi connectivity index (χ4v) is 2.69. The topological polar surface area (TPSA) is 85.4 Å². The van der Waals surface area contributed by atoms with Gasteiger partial charge in [-0.15, -0.1) is 0 Å². The zero-order chi connectivity index (χ0) is 18.6. The van der Waals surface area contributed by atoms with Crippen molar-refractivity contribution in [2.24, 2.45) is 0 Å². The molecule has 0 bridgehead atoms. The van der Waals surface area contributed by atoms with Crippen LogP contribution in [-0.2, 0) is 6.42 Å². The van der Waals surface area contributed by atoms with E-state index in [0.717, 1.165) is 12.1 Å². The average molecular weight is 362 g/mol. The Labute approximate surface area is 156 Å². The van der Waals surface area contributed by atoms with E-state index in [9.17, 15) is 4.79 Å². The highest BCUT2D eigenvalue weighted by molar-refractivity contribution is 6.03. The van der Waals surface area contributed by atoms with Gasteiger partial charge in [0.15, 0.2) is 11.5 Å². The second kappa shape index (κ2) is 7.33. The highest BCUT2D eigenvalue weighted by Crippen LogP contribution is 2.34. The van der Waals surface area contributed by atoms with Gasteiger partial charge in [-0.3, -0.25) is 4.79 Å². The third kappa shape index (κ3) is 3.82. The van der Waals surface area contributed by atoms with Crippen molar-refractivity contribution < 1.29 is 14.3 Å². The zero-order valence-electron chi connectivity index (χ0n) is 14.7. The highest BCUT2D eigenvalue weighted by atomic mass is 16.7. The van der Waals surface area contributed by atoms with Gasteiger partial charge in [0.25, 0.3) is 5.91 Å². The summed E-state index contributed by atoms with van der Waals surface area (Å²) in [6.07, 6.45) is 2.34. The predicted octanol–water partition coefficient (Wildman–Crippen LogP) is 3.76. The molecular formula is C20H18N4O3. The molecule has 0 saturated heterocycles. The summed E-state index contributed by atoms with van der Waals surface area (Å²) in [5.41, 5.74) is 3.02. The number of benzene rings is 2. The highest BCUT2D eigenvalue weighted by Gasteiger charge is 2.15. The van der Waals surface area contributed by atoms with Crippen LogP contribution in [-0.4, -0.2) is 22.7 Å². The number of nitrogens with one attached hydrogen (secondary N) is 2. The van der Waals surface area contributed by atoms with Crippen LogP contribution in [0.15, 0.2) is 54.9 Å². The maximum Gasteiger partial charge on any atom is 0.274 e. The number of anilines is 3. The lowest BCUT2D eigenvalue weighted by molar-refractivity contribution is 0.102. The van der Waals surface area contributed by atoms with E-state index in [2.05, 4.69) is 39.7 Å².